The number of nitrogens with one attached hydrogen (secondary N) is 1. The van der Waals surface area contributed by atoms with Gasteiger partial charge in [-0.2, -0.15) is 0 Å². The molecule has 5 heteroatoms. The summed E-state index contributed by atoms with van der Waals surface area (Å²) in [4.78, 5) is 11.5. The van der Waals surface area contributed by atoms with Crippen molar-refractivity contribution in [3.05, 3.63) is 29.6 Å². The number of anilines is 1. The molecule has 1 amide bonds. The zero-order chi connectivity index (χ0) is 12.1. The highest BCUT2D eigenvalue weighted by Crippen LogP contribution is 2.11. The van der Waals surface area contributed by atoms with Gasteiger partial charge in [0.1, 0.15) is 5.82 Å². The Labute approximate surface area is 93.3 Å². The molecule has 1 atom stereocenters. The minimum Gasteiger partial charge on any atom is -0.396 e. The molecule has 1 unspecified atom stereocenters. The Morgan fingerprint density at radius 2 is 2.31 bits per heavy atom. The first-order valence-corrected chi connectivity index (χ1v) is 5.06. The summed E-state index contributed by atoms with van der Waals surface area (Å²) in [5.41, 5.74) is 5.48. The molecular weight excluding hydrogens is 211 g/mol. The zero-order valence-corrected chi connectivity index (χ0v) is 9.03. The third-order valence-corrected chi connectivity index (χ3v) is 2.23. The summed E-state index contributed by atoms with van der Waals surface area (Å²) in [6, 6.07) is 3.84. The predicted octanol–water partition coefficient (Wildman–Crippen LogP) is 0.909. The maximum Gasteiger partial charge on any atom is 0.251 e. The number of nitrogen functional groups attached to an aromatic ring is 1. The molecule has 4 N–H and O–H groups in total. The molecule has 88 valence electrons. The summed E-state index contributed by atoms with van der Waals surface area (Å²) in [7, 11) is 0. The van der Waals surface area contributed by atoms with Crippen molar-refractivity contribution in [2.45, 2.75) is 19.4 Å². The summed E-state index contributed by atoms with van der Waals surface area (Å²) in [5, 5.41) is 11.7. The normalized spacial score (nSPS) is 12.2. The standard InChI is InChI=1S/C11H15FN2O2/c1-2-8(15)6-14-11(16)7-3-4-10(13)9(12)5-7/h3-5,8,15H,2,6,13H2,1H3,(H,14,16). The van der Waals surface area contributed by atoms with Gasteiger partial charge in [-0.25, -0.2) is 4.39 Å². The molecule has 1 aromatic carbocycles. The largest absolute Gasteiger partial charge is 0.396 e. The van der Waals surface area contributed by atoms with Crippen LogP contribution in [0.15, 0.2) is 18.2 Å². The molecule has 4 nitrogen and oxygen atoms in total. The summed E-state index contributed by atoms with van der Waals surface area (Å²) in [5.74, 6) is -1.05. The second kappa shape index (κ2) is 5.46. The molecule has 1 rings (SSSR count). The van der Waals surface area contributed by atoms with E-state index in [9.17, 15) is 14.3 Å². The number of nitrogens with two attached hydrogens (primary N) is 1. The van der Waals surface area contributed by atoms with Crippen molar-refractivity contribution in [3.63, 3.8) is 0 Å². The number of carbonyl (C=O) groups is 1. The molecule has 0 aliphatic rings. The number of rotatable bonds is 4. The van der Waals surface area contributed by atoms with E-state index in [-0.39, 0.29) is 17.8 Å². The van der Waals surface area contributed by atoms with E-state index in [0.29, 0.717) is 6.42 Å². The summed E-state index contributed by atoms with van der Waals surface area (Å²) in [6.07, 6.45) is -0.0290. The monoisotopic (exact) mass is 226 g/mol. The lowest BCUT2D eigenvalue weighted by Crippen LogP contribution is -2.31. The van der Waals surface area contributed by atoms with E-state index in [0.717, 1.165) is 6.07 Å². The number of hydrogen-bond acceptors (Lipinski definition) is 3. The van der Waals surface area contributed by atoms with Gasteiger partial charge in [0.05, 0.1) is 11.8 Å². The van der Waals surface area contributed by atoms with Gasteiger partial charge in [-0.05, 0) is 24.6 Å². The molecule has 16 heavy (non-hydrogen) atoms. The average Bonchev–Trinajstić information content (AvgIpc) is 2.29. The van der Waals surface area contributed by atoms with Gasteiger partial charge in [0, 0.05) is 12.1 Å². The minimum atomic E-state index is -0.622. The summed E-state index contributed by atoms with van der Waals surface area (Å²) in [6.45, 7) is 1.96. The fraction of sp³-hybridized carbons (Fsp3) is 0.364. The van der Waals surface area contributed by atoms with Crippen LogP contribution in [0.1, 0.15) is 23.7 Å². The minimum absolute atomic E-state index is 0.00476. The number of amides is 1. The predicted molar refractivity (Wildman–Crippen MR) is 59.4 cm³/mol. The highest BCUT2D eigenvalue weighted by molar-refractivity contribution is 5.94. The fourth-order valence-electron chi connectivity index (χ4n) is 1.13. The second-order valence-electron chi connectivity index (χ2n) is 3.51. The number of benzene rings is 1. The van der Waals surface area contributed by atoms with E-state index < -0.39 is 17.8 Å². The lowest BCUT2D eigenvalue weighted by Gasteiger charge is -2.09. The van der Waals surface area contributed by atoms with Crippen LogP contribution in [0.25, 0.3) is 0 Å². The first-order chi connectivity index (χ1) is 7.54. The molecule has 0 aliphatic carbocycles. The van der Waals surface area contributed by atoms with Crippen LogP contribution in [-0.4, -0.2) is 23.7 Å². The van der Waals surface area contributed by atoms with Crippen LogP contribution in [0.2, 0.25) is 0 Å². The molecule has 0 spiro atoms. The number of hydrogen-bond donors (Lipinski definition) is 3. The highest BCUT2D eigenvalue weighted by atomic mass is 19.1. The van der Waals surface area contributed by atoms with Gasteiger partial charge in [0.2, 0.25) is 0 Å². The molecule has 0 bridgehead atoms. The van der Waals surface area contributed by atoms with Crippen molar-refractivity contribution in [1.29, 1.82) is 0 Å². The molecule has 0 heterocycles. The smallest absolute Gasteiger partial charge is 0.251 e. The number of aliphatic hydroxyl groups excluding tert-OH is 1. The van der Waals surface area contributed by atoms with E-state index in [2.05, 4.69) is 5.32 Å². The first-order valence-electron chi connectivity index (χ1n) is 5.06. The molecule has 0 aliphatic heterocycles. The van der Waals surface area contributed by atoms with Gasteiger partial charge in [-0.15, -0.1) is 0 Å². The highest BCUT2D eigenvalue weighted by Gasteiger charge is 2.09. The van der Waals surface area contributed by atoms with Crippen molar-refractivity contribution in [3.8, 4) is 0 Å². The Bertz CT molecular complexity index is 382. The van der Waals surface area contributed by atoms with Gasteiger partial charge >= 0.3 is 0 Å². The van der Waals surface area contributed by atoms with Crippen molar-refractivity contribution in [2.24, 2.45) is 0 Å². The van der Waals surface area contributed by atoms with Gasteiger partial charge < -0.3 is 16.2 Å². The lowest BCUT2D eigenvalue weighted by molar-refractivity contribution is 0.0913. The molecule has 0 fully saturated rings. The van der Waals surface area contributed by atoms with Gasteiger partial charge in [0.25, 0.3) is 5.91 Å². The van der Waals surface area contributed by atoms with E-state index in [4.69, 9.17) is 5.73 Å². The van der Waals surface area contributed by atoms with Crippen LogP contribution >= 0.6 is 0 Å². The maximum absolute atomic E-state index is 13.1. The van der Waals surface area contributed by atoms with Crippen LogP contribution in [0.5, 0.6) is 0 Å². The van der Waals surface area contributed by atoms with Crippen LogP contribution in [0.3, 0.4) is 0 Å². The zero-order valence-electron chi connectivity index (χ0n) is 9.03. The summed E-state index contributed by atoms with van der Waals surface area (Å²) < 4.78 is 13.1. The molecule has 0 saturated heterocycles. The Morgan fingerprint density at radius 1 is 1.62 bits per heavy atom. The van der Waals surface area contributed by atoms with E-state index in [1.54, 1.807) is 6.92 Å². The third-order valence-electron chi connectivity index (χ3n) is 2.23. The second-order valence-corrected chi connectivity index (χ2v) is 3.51. The first kappa shape index (κ1) is 12.4. The van der Waals surface area contributed by atoms with E-state index >= 15 is 0 Å². The molecule has 0 aromatic heterocycles. The van der Waals surface area contributed by atoms with Crippen molar-refractivity contribution in [1.82, 2.24) is 5.32 Å². The van der Waals surface area contributed by atoms with Gasteiger partial charge in [-0.3, -0.25) is 4.79 Å². The number of aliphatic hydroxyl groups is 1. The lowest BCUT2D eigenvalue weighted by atomic mass is 10.2. The van der Waals surface area contributed by atoms with Crippen LogP contribution in [0, 0.1) is 5.82 Å². The van der Waals surface area contributed by atoms with E-state index in [1.807, 2.05) is 0 Å². The Hall–Kier alpha value is -1.62. The summed E-state index contributed by atoms with van der Waals surface area (Å²) >= 11 is 0. The molecule has 0 saturated carbocycles. The van der Waals surface area contributed by atoms with Crippen molar-refractivity contribution in [2.75, 3.05) is 12.3 Å². The number of halogens is 1. The van der Waals surface area contributed by atoms with Crippen LogP contribution in [0.4, 0.5) is 10.1 Å². The Morgan fingerprint density at radius 3 is 2.88 bits per heavy atom. The van der Waals surface area contributed by atoms with Gasteiger partial charge in [0.15, 0.2) is 0 Å². The average molecular weight is 226 g/mol. The van der Waals surface area contributed by atoms with Gasteiger partial charge in [-0.1, -0.05) is 6.92 Å². The SMILES string of the molecule is CCC(O)CNC(=O)c1ccc(N)c(F)c1. The topological polar surface area (TPSA) is 75.3 Å². The molecule has 0 radical (unpaired) electrons. The third kappa shape index (κ3) is 3.20. The quantitative estimate of drug-likeness (QED) is 0.668. The van der Waals surface area contributed by atoms with Crippen LogP contribution in [-0.2, 0) is 0 Å². The maximum atomic E-state index is 13.1. The Balaban J connectivity index is 2.63. The fourth-order valence-corrected chi connectivity index (χ4v) is 1.13. The van der Waals surface area contributed by atoms with Crippen molar-refractivity contribution < 1.29 is 14.3 Å². The number of carbonyl (C=O) groups excluding carboxylic acids is 1. The van der Waals surface area contributed by atoms with E-state index in [1.165, 1.54) is 12.1 Å². The van der Waals surface area contributed by atoms with Crippen LogP contribution < -0.4 is 11.1 Å². The Kier molecular flexibility index (Phi) is 4.25. The molecular formula is C11H15FN2O2. The van der Waals surface area contributed by atoms with Crippen molar-refractivity contribution >= 4 is 11.6 Å². The molecule has 1 aromatic rings.